The Hall–Kier alpha value is -4.47. The maximum absolute atomic E-state index is 14.0. The molecule has 0 bridgehead atoms. The second kappa shape index (κ2) is 15.2. The van der Waals surface area contributed by atoms with Crippen LogP contribution in [0.3, 0.4) is 0 Å². The van der Waals surface area contributed by atoms with Crippen LogP contribution in [0.15, 0.2) is 57.7 Å². The number of ether oxygens (including phenoxy) is 1. The van der Waals surface area contributed by atoms with Crippen molar-refractivity contribution in [2.75, 3.05) is 31.0 Å². The molecule has 7 N–H and O–H groups in total. The standard InChI is InChI=1S/C33H40N6O7S2/c1-20(40)26(7-4-12-36-33(34)35)37-31(41)30-27(11-16-47-30)38-48(44,45)28-18-24(17-22-10-15-46-29(22)28)25-6-3-2-5-23(25)19-39-13-8-21(9-14-39)32(42)43/h2-3,5-6,11,16-18,21,26,38H,4,7-10,12-15,19H2,1H3,(H,37,41)(H,42,43)(H4,34,35,36). The highest BCUT2D eigenvalue weighted by atomic mass is 32.2. The Morgan fingerprint density at radius 3 is 2.60 bits per heavy atom. The zero-order valence-electron chi connectivity index (χ0n) is 26.6. The van der Waals surface area contributed by atoms with Crippen LogP contribution in [0.4, 0.5) is 5.69 Å². The summed E-state index contributed by atoms with van der Waals surface area (Å²) < 4.78 is 36.4. The molecule has 0 saturated carbocycles. The molecule has 0 spiro atoms. The second-order valence-electron chi connectivity index (χ2n) is 12.0. The second-order valence-corrected chi connectivity index (χ2v) is 14.5. The number of anilines is 1. The zero-order valence-corrected chi connectivity index (χ0v) is 28.2. The summed E-state index contributed by atoms with van der Waals surface area (Å²) in [6, 6.07) is 12.0. The molecule has 0 aliphatic carbocycles. The molecule has 15 heteroatoms. The van der Waals surface area contributed by atoms with E-state index >= 15 is 0 Å². The molecule has 256 valence electrons. The van der Waals surface area contributed by atoms with E-state index in [9.17, 15) is 27.9 Å². The molecule has 1 unspecified atom stereocenters. The molecular weight excluding hydrogens is 657 g/mol. The van der Waals surface area contributed by atoms with Gasteiger partial charge in [0.1, 0.15) is 15.5 Å². The van der Waals surface area contributed by atoms with E-state index in [2.05, 4.69) is 19.9 Å². The molecule has 2 aliphatic heterocycles. The average Bonchev–Trinajstić information content (AvgIpc) is 3.71. The van der Waals surface area contributed by atoms with Gasteiger partial charge in [0.2, 0.25) is 0 Å². The van der Waals surface area contributed by atoms with Gasteiger partial charge in [-0.25, -0.2) is 8.42 Å². The zero-order chi connectivity index (χ0) is 34.4. The maximum Gasteiger partial charge on any atom is 0.306 e. The monoisotopic (exact) mass is 696 g/mol. The third kappa shape index (κ3) is 8.32. The van der Waals surface area contributed by atoms with Gasteiger partial charge in [-0.1, -0.05) is 24.3 Å². The third-order valence-electron chi connectivity index (χ3n) is 8.56. The van der Waals surface area contributed by atoms with Crippen molar-refractivity contribution in [1.82, 2.24) is 10.2 Å². The van der Waals surface area contributed by atoms with Crippen molar-refractivity contribution in [3.63, 3.8) is 0 Å². The topological polar surface area (TPSA) is 207 Å². The normalized spacial score (nSPS) is 15.6. The number of fused-ring (bicyclic) bond motifs is 1. The fourth-order valence-corrected chi connectivity index (χ4v) is 8.12. The van der Waals surface area contributed by atoms with E-state index in [1.807, 2.05) is 30.3 Å². The first-order chi connectivity index (χ1) is 22.9. The fraction of sp³-hybridized carbons (Fsp3) is 0.394. The third-order valence-corrected chi connectivity index (χ3v) is 10.8. The number of piperidine rings is 1. The number of sulfonamides is 1. The Kier molecular flexibility index (Phi) is 11.0. The van der Waals surface area contributed by atoms with Gasteiger partial charge in [0.15, 0.2) is 11.7 Å². The largest absolute Gasteiger partial charge is 0.492 e. The van der Waals surface area contributed by atoms with Crippen molar-refractivity contribution in [2.45, 2.75) is 56.5 Å². The number of guanidine groups is 1. The number of hydrogen-bond donors (Lipinski definition) is 5. The minimum absolute atomic E-state index is 0.0384. The van der Waals surface area contributed by atoms with Gasteiger partial charge < -0.3 is 26.6 Å². The number of aliphatic imine (C=N–C) groups is 1. The summed E-state index contributed by atoms with van der Waals surface area (Å²) in [6.07, 6.45) is 2.47. The summed E-state index contributed by atoms with van der Waals surface area (Å²) in [4.78, 5) is 43.1. The Labute approximate surface area is 283 Å². The van der Waals surface area contributed by atoms with Crippen LogP contribution in [-0.2, 0) is 32.6 Å². The summed E-state index contributed by atoms with van der Waals surface area (Å²) in [7, 11) is -4.24. The van der Waals surface area contributed by atoms with Gasteiger partial charge in [0.25, 0.3) is 15.9 Å². The number of rotatable bonds is 14. The number of carbonyl (C=O) groups excluding carboxylic acids is 2. The minimum atomic E-state index is -4.24. The summed E-state index contributed by atoms with van der Waals surface area (Å²) in [6.45, 7) is 3.93. The molecular formula is C33H40N6O7S2. The average molecular weight is 697 g/mol. The van der Waals surface area contributed by atoms with Crippen LogP contribution in [-0.4, -0.2) is 74.3 Å². The van der Waals surface area contributed by atoms with Gasteiger partial charge in [-0.3, -0.25) is 29.0 Å². The van der Waals surface area contributed by atoms with Gasteiger partial charge in [-0.05, 0) is 91.5 Å². The molecule has 1 saturated heterocycles. The van der Waals surface area contributed by atoms with E-state index in [1.54, 1.807) is 11.4 Å². The summed E-state index contributed by atoms with van der Waals surface area (Å²) in [5, 5.41) is 13.7. The number of nitrogens with two attached hydrogens (primary N) is 2. The van der Waals surface area contributed by atoms with E-state index in [0.29, 0.717) is 70.5 Å². The molecule has 2 aromatic carbocycles. The quantitative estimate of drug-likeness (QED) is 0.0945. The molecule has 48 heavy (non-hydrogen) atoms. The number of carbonyl (C=O) groups is 3. The van der Waals surface area contributed by atoms with E-state index in [4.69, 9.17) is 16.2 Å². The minimum Gasteiger partial charge on any atom is -0.492 e. The fourth-order valence-electron chi connectivity index (χ4n) is 6.02. The Balaban J connectivity index is 1.37. The number of nitrogens with zero attached hydrogens (tertiary/aromatic N) is 2. The number of amides is 1. The molecule has 1 amide bonds. The van der Waals surface area contributed by atoms with Crippen LogP contribution < -0.4 is 26.2 Å². The molecule has 5 rings (SSSR count). The lowest BCUT2D eigenvalue weighted by atomic mass is 9.94. The van der Waals surface area contributed by atoms with Crippen LogP contribution >= 0.6 is 11.3 Å². The highest BCUT2D eigenvalue weighted by Gasteiger charge is 2.30. The first kappa shape index (κ1) is 34.9. The number of ketones is 1. The molecule has 13 nitrogen and oxygen atoms in total. The Morgan fingerprint density at radius 2 is 1.90 bits per heavy atom. The highest BCUT2D eigenvalue weighted by Crippen LogP contribution is 2.40. The molecule has 2 aliphatic rings. The number of likely N-dealkylation sites (tertiary alicyclic amines) is 1. The first-order valence-corrected chi connectivity index (χ1v) is 18.1. The number of thiophene rings is 1. The Bertz CT molecular complexity index is 1810. The summed E-state index contributed by atoms with van der Waals surface area (Å²) >= 11 is 1.05. The van der Waals surface area contributed by atoms with Crippen LogP contribution in [0.5, 0.6) is 5.75 Å². The van der Waals surface area contributed by atoms with Gasteiger partial charge in [-0.2, -0.15) is 0 Å². The van der Waals surface area contributed by atoms with Crippen LogP contribution in [0.2, 0.25) is 0 Å². The molecule has 3 heterocycles. The predicted molar refractivity (Wildman–Crippen MR) is 184 cm³/mol. The number of hydrogen-bond acceptors (Lipinski definition) is 9. The molecule has 0 radical (unpaired) electrons. The van der Waals surface area contributed by atoms with E-state index in [1.165, 1.54) is 13.0 Å². The van der Waals surface area contributed by atoms with Crippen molar-refractivity contribution < 1.29 is 32.6 Å². The predicted octanol–water partition coefficient (Wildman–Crippen LogP) is 3.19. The lowest BCUT2D eigenvalue weighted by molar-refractivity contribution is -0.143. The Morgan fingerprint density at radius 1 is 1.15 bits per heavy atom. The summed E-state index contributed by atoms with van der Waals surface area (Å²) in [5.74, 6) is -1.71. The maximum atomic E-state index is 14.0. The van der Waals surface area contributed by atoms with Crippen molar-refractivity contribution >= 4 is 50.7 Å². The molecule has 1 aromatic heterocycles. The van der Waals surface area contributed by atoms with Gasteiger partial charge >= 0.3 is 5.97 Å². The highest BCUT2D eigenvalue weighted by molar-refractivity contribution is 7.92. The van der Waals surface area contributed by atoms with Crippen molar-refractivity contribution in [2.24, 2.45) is 22.4 Å². The van der Waals surface area contributed by atoms with Gasteiger partial charge in [0.05, 0.1) is 24.3 Å². The van der Waals surface area contributed by atoms with Crippen LogP contribution in [0.25, 0.3) is 11.1 Å². The number of benzene rings is 2. The SMILES string of the molecule is CC(=O)C(CCCN=C(N)N)NC(=O)c1sccc1NS(=O)(=O)c1cc(-c2ccccc2CN2CCC(C(=O)O)CC2)cc2c1OCC2. The lowest BCUT2D eigenvalue weighted by Gasteiger charge is -2.30. The van der Waals surface area contributed by atoms with E-state index in [-0.39, 0.29) is 38.9 Å². The summed E-state index contributed by atoms with van der Waals surface area (Å²) in [5.41, 5.74) is 14.1. The van der Waals surface area contributed by atoms with Gasteiger partial charge in [0, 0.05) is 19.5 Å². The lowest BCUT2D eigenvalue weighted by Crippen LogP contribution is -2.39. The van der Waals surface area contributed by atoms with Crippen molar-refractivity contribution in [3.8, 4) is 16.9 Å². The van der Waals surface area contributed by atoms with Gasteiger partial charge in [-0.15, -0.1) is 11.3 Å². The number of nitrogens with one attached hydrogen (secondary N) is 2. The smallest absolute Gasteiger partial charge is 0.306 e. The van der Waals surface area contributed by atoms with Crippen LogP contribution in [0, 0.1) is 5.92 Å². The van der Waals surface area contributed by atoms with E-state index in [0.717, 1.165) is 28.0 Å². The number of Topliss-reactive ketones (excluding diaryl/α,β-unsaturated/α-hetero) is 1. The molecule has 1 fully saturated rings. The van der Waals surface area contributed by atoms with Crippen molar-refractivity contribution in [3.05, 3.63) is 63.8 Å². The van der Waals surface area contributed by atoms with E-state index < -0.39 is 27.9 Å². The number of carboxylic acids is 1. The number of carboxylic acid groups (broad SMARTS) is 1. The van der Waals surface area contributed by atoms with Crippen molar-refractivity contribution in [1.29, 1.82) is 0 Å². The van der Waals surface area contributed by atoms with Crippen LogP contribution in [0.1, 0.15) is 53.4 Å². The molecule has 1 atom stereocenters. The first-order valence-electron chi connectivity index (χ1n) is 15.7. The molecule has 3 aromatic rings. The number of aliphatic carboxylic acids is 1.